The molecular formula is C22H29N5O4S. The fraction of sp³-hybridized carbons (Fsp3) is 0.500. The zero-order valence-corrected chi connectivity index (χ0v) is 19.2. The summed E-state index contributed by atoms with van der Waals surface area (Å²) in [4.78, 5) is 23.2. The minimum atomic E-state index is -3.21. The molecule has 1 aliphatic heterocycles. The number of nitrogens with zero attached hydrogens (tertiary/aromatic N) is 3. The van der Waals surface area contributed by atoms with Crippen molar-refractivity contribution in [3.05, 3.63) is 36.0 Å². The molecule has 32 heavy (non-hydrogen) atoms. The average Bonchev–Trinajstić information content (AvgIpc) is 3.60. The molecule has 2 heterocycles. The van der Waals surface area contributed by atoms with Crippen LogP contribution in [0.2, 0.25) is 0 Å². The van der Waals surface area contributed by atoms with E-state index in [1.54, 1.807) is 18.2 Å². The maximum Gasteiger partial charge on any atom is 0.319 e. The lowest BCUT2D eigenvalue weighted by molar-refractivity contribution is 0.0985. The van der Waals surface area contributed by atoms with Crippen molar-refractivity contribution in [2.45, 2.75) is 43.7 Å². The zero-order valence-electron chi connectivity index (χ0n) is 18.4. The zero-order chi connectivity index (χ0) is 22.7. The number of hydrogen-bond donors (Lipinski definition) is 2. The molecule has 1 aromatic heterocycles. The summed E-state index contributed by atoms with van der Waals surface area (Å²) < 4.78 is 30.8. The van der Waals surface area contributed by atoms with Gasteiger partial charge in [0, 0.05) is 30.4 Å². The Morgan fingerprint density at radius 2 is 1.97 bits per heavy atom. The Hall–Kier alpha value is -2.72. The number of anilines is 2. The molecule has 2 aromatic rings. The first-order chi connectivity index (χ1) is 15.4. The van der Waals surface area contributed by atoms with Crippen molar-refractivity contribution in [2.24, 2.45) is 0 Å². The van der Waals surface area contributed by atoms with Crippen molar-refractivity contribution in [1.29, 1.82) is 0 Å². The molecule has 0 bridgehead atoms. The van der Waals surface area contributed by atoms with Gasteiger partial charge < -0.3 is 20.3 Å². The van der Waals surface area contributed by atoms with Gasteiger partial charge in [0.25, 0.3) is 0 Å². The van der Waals surface area contributed by atoms with E-state index in [0.29, 0.717) is 49.3 Å². The highest BCUT2D eigenvalue weighted by molar-refractivity contribution is 7.91. The summed E-state index contributed by atoms with van der Waals surface area (Å²) >= 11 is 0. The second-order valence-electron chi connectivity index (χ2n) is 8.23. The van der Waals surface area contributed by atoms with Gasteiger partial charge in [0.15, 0.2) is 15.7 Å². The molecule has 9 nitrogen and oxygen atoms in total. The van der Waals surface area contributed by atoms with Gasteiger partial charge in [0.2, 0.25) is 0 Å². The molecule has 1 aromatic carbocycles. The summed E-state index contributed by atoms with van der Waals surface area (Å²) in [6.07, 6.45) is 1.46. The molecule has 2 amide bonds. The van der Waals surface area contributed by atoms with Crippen molar-refractivity contribution in [1.82, 2.24) is 15.3 Å². The van der Waals surface area contributed by atoms with E-state index in [1.165, 1.54) is 0 Å². The number of carbonyl (C=O) groups excluding carboxylic acids is 1. The van der Waals surface area contributed by atoms with Crippen LogP contribution in [0.3, 0.4) is 0 Å². The SMILES string of the molecule is CCNC(=O)Nc1ccc(-c2nc(CS(=O)(=O)C3CC3)cc(N3CCOC[C@@H]3C)n2)cc1. The van der Waals surface area contributed by atoms with Crippen molar-refractivity contribution in [2.75, 3.05) is 36.5 Å². The molecule has 4 rings (SSSR count). The molecule has 2 fully saturated rings. The lowest BCUT2D eigenvalue weighted by atomic mass is 10.2. The molecule has 1 aliphatic carbocycles. The molecule has 0 unspecified atom stereocenters. The molecule has 172 valence electrons. The van der Waals surface area contributed by atoms with Crippen LogP contribution in [0.15, 0.2) is 30.3 Å². The summed E-state index contributed by atoms with van der Waals surface area (Å²) in [6.45, 7) is 6.32. The van der Waals surface area contributed by atoms with E-state index in [0.717, 1.165) is 18.4 Å². The van der Waals surface area contributed by atoms with E-state index in [1.807, 2.05) is 19.1 Å². The Balaban J connectivity index is 1.64. The largest absolute Gasteiger partial charge is 0.377 e. The van der Waals surface area contributed by atoms with Crippen LogP contribution in [0.25, 0.3) is 11.4 Å². The topological polar surface area (TPSA) is 114 Å². The lowest BCUT2D eigenvalue weighted by Gasteiger charge is -2.34. The van der Waals surface area contributed by atoms with E-state index in [-0.39, 0.29) is 23.1 Å². The minimum absolute atomic E-state index is 0.0876. The van der Waals surface area contributed by atoms with Crippen molar-refractivity contribution >= 4 is 27.4 Å². The maximum absolute atomic E-state index is 12.6. The van der Waals surface area contributed by atoms with E-state index in [4.69, 9.17) is 9.72 Å². The smallest absolute Gasteiger partial charge is 0.319 e. The van der Waals surface area contributed by atoms with Gasteiger partial charge in [-0.15, -0.1) is 0 Å². The highest BCUT2D eigenvalue weighted by atomic mass is 32.2. The Kier molecular flexibility index (Phi) is 6.61. The Labute approximate surface area is 188 Å². The van der Waals surface area contributed by atoms with Crippen LogP contribution in [0, 0.1) is 0 Å². The molecule has 0 radical (unpaired) electrons. The molecule has 10 heteroatoms. The average molecular weight is 460 g/mol. The van der Waals surface area contributed by atoms with E-state index >= 15 is 0 Å². The van der Waals surface area contributed by atoms with Crippen LogP contribution in [0.4, 0.5) is 16.3 Å². The third-order valence-electron chi connectivity index (χ3n) is 5.55. The number of aromatic nitrogens is 2. The number of rotatable bonds is 7. The summed E-state index contributed by atoms with van der Waals surface area (Å²) in [5, 5.41) is 5.20. The maximum atomic E-state index is 12.6. The predicted octanol–water partition coefficient (Wildman–Crippen LogP) is 2.59. The van der Waals surface area contributed by atoms with Gasteiger partial charge in [-0.05, 0) is 51.0 Å². The van der Waals surface area contributed by atoms with Crippen LogP contribution in [0.1, 0.15) is 32.4 Å². The van der Waals surface area contributed by atoms with Gasteiger partial charge in [-0.3, -0.25) is 0 Å². The summed E-state index contributed by atoms with van der Waals surface area (Å²) in [5.41, 5.74) is 1.90. The second kappa shape index (κ2) is 9.41. The number of hydrogen-bond acceptors (Lipinski definition) is 7. The van der Waals surface area contributed by atoms with Crippen molar-refractivity contribution in [3.63, 3.8) is 0 Å². The Morgan fingerprint density at radius 3 is 2.62 bits per heavy atom. The first kappa shape index (κ1) is 22.5. The van der Waals surface area contributed by atoms with Crippen LogP contribution < -0.4 is 15.5 Å². The highest BCUT2D eigenvalue weighted by Crippen LogP contribution is 2.32. The third-order valence-corrected chi connectivity index (χ3v) is 7.73. The van der Waals surface area contributed by atoms with Gasteiger partial charge in [0.1, 0.15) is 5.82 Å². The number of ether oxygens (including phenoxy) is 1. The van der Waals surface area contributed by atoms with E-state index in [2.05, 4.69) is 27.4 Å². The van der Waals surface area contributed by atoms with Crippen molar-refractivity contribution in [3.8, 4) is 11.4 Å². The van der Waals surface area contributed by atoms with Gasteiger partial charge in [-0.25, -0.2) is 23.2 Å². The minimum Gasteiger partial charge on any atom is -0.377 e. The lowest BCUT2D eigenvalue weighted by Crippen LogP contribution is -2.44. The summed E-state index contributed by atoms with van der Waals surface area (Å²) in [5.74, 6) is 1.08. The molecule has 2 N–H and O–H groups in total. The van der Waals surface area contributed by atoms with Crippen LogP contribution in [0.5, 0.6) is 0 Å². The quantitative estimate of drug-likeness (QED) is 0.654. The van der Waals surface area contributed by atoms with Gasteiger partial charge in [-0.2, -0.15) is 0 Å². The predicted molar refractivity (Wildman–Crippen MR) is 123 cm³/mol. The number of morpholine rings is 1. The number of benzene rings is 1. The van der Waals surface area contributed by atoms with Gasteiger partial charge >= 0.3 is 6.03 Å². The Morgan fingerprint density at radius 1 is 1.22 bits per heavy atom. The van der Waals surface area contributed by atoms with Crippen molar-refractivity contribution < 1.29 is 17.9 Å². The number of sulfone groups is 1. The fourth-order valence-corrected chi connectivity index (χ4v) is 5.34. The molecule has 1 saturated heterocycles. The summed E-state index contributed by atoms with van der Waals surface area (Å²) in [6, 6.07) is 8.84. The third kappa shape index (κ3) is 5.36. The second-order valence-corrected chi connectivity index (χ2v) is 10.5. The molecule has 0 spiro atoms. The first-order valence-corrected chi connectivity index (χ1v) is 12.7. The van der Waals surface area contributed by atoms with Gasteiger partial charge in [0.05, 0.1) is 36.0 Å². The van der Waals surface area contributed by atoms with Crippen LogP contribution >= 0.6 is 0 Å². The molecule has 1 atom stereocenters. The normalized spacial score (nSPS) is 18.9. The number of amides is 2. The molecular weight excluding hydrogens is 430 g/mol. The molecule has 1 saturated carbocycles. The first-order valence-electron chi connectivity index (χ1n) is 10.9. The van der Waals surface area contributed by atoms with Crippen LogP contribution in [-0.2, 0) is 20.3 Å². The Bertz CT molecular complexity index is 1070. The summed E-state index contributed by atoms with van der Waals surface area (Å²) in [7, 11) is -3.21. The number of urea groups is 1. The van der Waals surface area contributed by atoms with E-state index in [9.17, 15) is 13.2 Å². The number of nitrogens with one attached hydrogen (secondary N) is 2. The van der Waals surface area contributed by atoms with E-state index < -0.39 is 9.84 Å². The fourth-order valence-electron chi connectivity index (χ4n) is 3.69. The molecule has 2 aliphatic rings. The van der Waals surface area contributed by atoms with Crippen LogP contribution in [-0.4, -0.2) is 62.0 Å². The standard InChI is InChI=1S/C22H29N5O4S/c1-3-23-22(28)25-17-6-4-16(5-7-17)21-24-18(14-32(29,30)19-8-9-19)12-20(26-21)27-10-11-31-13-15(27)2/h4-7,12,15,19H,3,8-11,13-14H2,1-2H3,(H2,23,25,28)/t15-/m0/s1. The number of carbonyl (C=O) groups is 1. The monoisotopic (exact) mass is 459 g/mol. The highest BCUT2D eigenvalue weighted by Gasteiger charge is 2.36. The van der Waals surface area contributed by atoms with Gasteiger partial charge in [-0.1, -0.05) is 0 Å².